The van der Waals surface area contributed by atoms with Gasteiger partial charge in [0.1, 0.15) is 0 Å². The molecule has 1 N–H and O–H groups in total. The first-order chi connectivity index (χ1) is 6.85. The Kier molecular flexibility index (Phi) is 3.24. The lowest BCUT2D eigenvalue weighted by molar-refractivity contribution is 0.504. The van der Waals surface area contributed by atoms with E-state index in [2.05, 4.69) is 31.3 Å². The Morgan fingerprint density at radius 3 is 2.71 bits per heavy atom. The molecule has 0 spiro atoms. The van der Waals surface area contributed by atoms with Crippen molar-refractivity contribution in [3.05, 3.63) is 21.9 Å². The van der Waals surface area contributed by atoms with E-state index in [0.717, 1.165) is 12.5 Å². The highest BCUT2D eigenvalue weighted by molar-refractivity contribution is 7.12. The summed E-state index contributed by atoms with van der Waals surface area (Å²) in [4.78, 5) is 3.06. The van der Waals surface area contributed by atoms with Crippen molar-refractivity contribution in [1.82, 2.24) is 5.32 Å². The molecule has 1 unspecified atom stereocenters. The first kappa shape index (κ1) is 10.2. The second kappa shape index (κ2) is 4.45. The second-order valence-corrected chi connectivity index (χ2v) is 5.23. The SMILES string of the molecule is CCNC(c1ccc(CC)s1)C1CC1. The van der Waals surface area contributed by atoms with Gasteiger partial charge in [-0.25, -0.2) is 0 Å². The molecule has 0 aliphatic heterocycles. The molecule has 1 aliphatic rings. The van der Waals surface area contributed by atoms with Crippen molar-refractivity contribution in [2.45, 2.75) is 39.2 Å². The minimum absolute atomic E-state index is 0.644. The Balaban J connectivity index is 2.08. The van der Waals surface area contributed by atoms with E-state index >= 15 is 0 Å². The van der Waals surface area contributed by atoms with Gasteiger partial charge in [0.2, 0.25) is 0 Å². The van der Waals surface area contributed by atoms with Gasteiger partial charge in [-0.1, -0.05) is 13.8 Å². The summed E-state index contributed by atoms with van der Waals surface area (Å²) >= 11 is 1.99. The van der Waals surface area contributed by atoms with Crippen molar-refractivity contribution in [1.29, 1.82) is 0 Å². The molecule has 1 aromatic heterocycles. The minimum Gasteiger partial charge on any atom is -0.309 e. The van der Waals surface area contributed by atoms with Crippen molar-refractivity contribution in [2.24, 2.45) is 5.92 Å². The Morgan fingerprint density at radius 1 is 1.43 bits per heavy atom. The molecule has 0 amide bonds. The zero-order valence-corrected chi connectivity index (χ0v) is 9.86. The highest BCUT2D eigenvalue weighted by Gasteiger charge is 2.32. The van der Waals surface area contributed by atoms with Gasteiger partial charge in [0.05, 0.1) is 0 Å². The summed E-state index contributed by atoms with van der Waals surface area (Å²) < 4.78 is 0. The second-order valence-electron chi connectivity index (χ2n) is 4.03. The predicted molar refractivity (Wildman–Crippen MR) is 62.8 cm³/mol. The van der Waals surface area contributed by atoms with Crippen LogP contribution < -0.4 is 5.32 Å². The summed E-state index contributed by atoms with van der Waals surface area (Å²) in [5.41, 5.74) is 0. The summed E-state index contributed by atoms with van der Waals surface area (Å²) in [5.74, 6) is 0.915. The lowest BCUT2D eigenvalue weighted by Gasteiger charge is -2.14. The number of hydrogen-bond acceptors (Lipinski definition) is 2. The van der Waals surface area contributed by atoms with E-state index in [1.54, 1.807) is 4.88 Å². The van der Waals surface area contributed by atoms with Crippen LogP contribution in [-0.2, 0) is 6.42 Å². The van der Waals surface area contributed by atoms with Crippen LogP contribution in [0.25, 0.3) is 0 Å². The molecule has 1 aliphatic carbocycles. The van der Waals surface area contributed by atoms with Crippen molar-refractivity contribution in [2.75, 3.05) is 6.54 Å². The standard InChI is InChI=1S/C12H19NS/c1-3-10-7-8-11(14-10)12(13-4-2)9-5-6-9/h7-9,12-13H,3-6H2,1-2H3. The topological polar surface area (TPSA) is 12.0 Å². The van der Waals surface area contributed by atoms with E-state index in [4.69, 9.17) is 0 Å². The van der Waals surface area contributed by atoms with E-state index in [9.17, 15) is 0 Å². The van der Waals surface area contributed by atoms with Gasteiger partial charge in [-0.15, -0.1) is 11.3 Å². The number of thiophene rings is 1. The molecule has 1 fully saturated rings. The Bertz CT molecular complexity index is 288. The number of aryl methyl sites for hydroxylation is 1. The van der Waals surface area contributed by atoms with Gasteiger partial charge in [-0.05, 0) is 43.9 Å². The van der Waals surface area contributed by atoms with Crippen LogP contribution in [0.3, 0.4) is 0 Å². The van der Waals surface area contributed by atoms with Crippen molar-refractivity contribution < 1.29 is 0 Å². The minimum atomic E-state index is 0.644. The Morgan fingerprint density at radius 2 is 2.21 bits per heavy atom. The fourth-order valence-electron chi connectivity index (χ4n) is 1.90. The van der Waals surface area contributed by atoms with Crippen LogP contribution in [0.2, 0.25) is 0 Å². The highest BCUT2D eigenvalue weighted by Crippen LogP contribution is 2.42. The Labute approximate surface area is 90.5 Å². The average Bonchev–Trinajstić information content (AvgIpc) is 2.92. The third-order valence-electron chi connectivity index (χ3n) is 2.85. The zero-order chi connectivity index (χ0) is 9.97. The highest BCUT2D eigenvalue weighted by atomic mass is 32.1. The van der Waals surface area contributed by atoms with Crippen LogP contribution in [0.5, 0.6) is 0 Å². The van der Waals surface area contributed by atoms with Gasteiger partial charge < -0.3 is 5.32 Å². The molecule has 1 atom stereocenters. The van der Waals surface area contributed by atoms with Gasteiger partial charge >= 0.3 is 0 Å². The molecule has 2 heteroatoms. The number of nitrogens with one attached hydrogen (secondary N) is 1. The summed E-state index contributed by atoms with van der Waals surface area (Å²) in [5, 5.41) is 3.61. The first-order valence-corrected chi connectivity index (χ1v) is 6.48. The lowest BCUT2D eigenvalue weighted by atomic mass is 10.1. The summed E-state index contributed by atoms with van der Waals surface area (Å²) in [6.07, 6.45) is 4.00. The molecule has 1 aromatic rings. The van der Waals surface area contributed by atoms with Crippen LogP contribution in [0.4, 0.5) is 0 Å². The van der Waals surface area contributed by atoms with E-state index in [0.29, 0.717) is 6.04 Å². The molecule has 78 valence electrons. The predicted octanol–water partition coefficient (Wildman–Crippen LogP) is 3.37. The molecule has 0 aromatic carbocycles. The lowest BCUT2D eigenvalue weighted by Crippen LogP contribution is -2.21. The van der Waals surface area contributed by atoms with Crippen LogP contribution in [-0.4, -0.2) is 6.54 Å². The molecule has 1 nitrogen and oxygen atoms in total. The summed E-state index contributed by atoms with van der Waals surface area (Å²) in [7, 11) is 0. The smallest absolute Gasteiger partial charge is 0.0443 e. The molecule has 1 saturated carbocycles. The van der Waals surface area contributed by atoms with Gasteiger partial charge in [0.15, 0.2) is 0 Å². The largest absolute Gasteiger partial charge is 0.309 e. The van der Waals surface area contributed by atoms with E-state index in [1.165, 1.54) is 24.1 Å². The van der Waals surface area contributed by atoms with Crippen molar-refractivity contribution >= 4 is 11.3 Å². The maximum absolute atomic E-state index is 3.61. The summed E-state index contributed by atoms with van der Waals surface area (Å²) in [6.45, 7) is 5.51. The molecule has 0 radical (unpaired) electrons. The van der Waals surface area contributed by atoms with Crippen LogP contribution in [0, 0.1) is 5.92 Å². The molecule has 0 bridgehead atoms. The maximum Gasteiger partial charge on any atom is 0.0443 e. The van der Waals surface area contributed by atoms with Crippen LogP contribution in [0.1, 0.15) is 42.5 Å². The van der Waals surface area contributed by atoms with Gasteiger partial charge in [0, 0.05) is 15.8 Å². The monoisotopic (exact) mass is 209 g/mol. The third-order valence-corrected chi connectivity index (χ3v) is 4.17. The van der Waals surface area contributed by atoms with E-state index < -0.39 is 0 Å². The average molecular weight is 209 g/mol. The quantitative estimate of drug-likeness (QED) is 0.784. The first-order valence-electron chi connectivity index (χ1n) is 5.67. The molecule has 0 saturated heterocycles. The molecular weight excluding hydrogens is 190 g/mol. The van der Waals surface area contributed by atoms with Crippen molar-refractivity contribution in [3.63, 3.8) is 0 Å². The normalized spacial score (nSPS) is 18.4. The maximum atomic E-state index is 3.61. The molecular formula is C12H19NS. The summed E-state index contributed by atoms with van der Waals surface area (Å²) in [6, 6.07) is 5.24. The van der Waals surface area contributed by atoms with E-state index in [-0.39, 0.29) is 0 Å². The van der Waals surface area contributed by atoms with Gasteiger partial charge in [0.25, 0.3) is 0 Å². The van der Waals surface area contributed by atoms with Crippen molar-refractivity contribution in [3.8, 4) is 0 Å². The number of hydrogen-bond donors (Lipinski definition) is 1. The Hall–Kier alpha value is -0.340. The number of rotatable bonds is 5. The van der Waals surface area contributed by atoms with Crippen LogP contribution in [0.15, 0.2) is 12.1 Å². The van der Waals surface area contributed by atoms with Gasteiger partial charge in [-0.3, -0.25) is 0 Å². The molecule has 1 heterocycles. The third kappa shape index (κ3) is 2.18. The van der Waals surface area contributed by atoms with Gasteiger partial charge in [-0.2, -0.15) is 0 Å². The fourth-order valence-corrected chi connectivity index (χ4v) is 3.02. The zero-order valence-electron chi connectivity index (χ0n) is 9.05. The fraction of sp³-hybridized carbons (Fsp3) is 0.667. The van der Waals surface area contributed by atoms with Crippen LogP contribution >= 0.6 is 11.3 Å². The van der Waals surface area contributed by atoms with E-state index in [1.807, 2.05) is 11.3 Å². The molecule has 2 rings (SSSR count). The molecule has 14 heavy (non-hydrogen) atoms.